The minimum atomic E-state index is 0.341. The third-order valence-electron chi connectivity index (χ3n) is 4.09. The number of phenols is 1. The quantitative estimate of drug-likeness (QED) is 0.873. The summed E-state index contributed by atoms with van der Waals surface area (Å²) in [6.45, 7) is 6.95. The van der Waals surface area contributed by atoms with Gasteiger partial charge in [0.05, 0.1) is 0 Å². The predicted molar refractivity (Wildman–Crippen MR) is 79.5 cm³/mol. The van der Waals surface area contributed by atoms with Gasteiger partial charge in [0.15, 0.2) is 0 Å². The number of nitrogens with zero attached hydrogens (tertiary/aromatic N) is 1. The van der Waals surface area contributed by atoms with Crippen molar-refractivity contribution in [2.75, 3.05) is 20.1 Å². The molecule has 1 aromatic carbocycles. The van der Waals surface area contributed by atoms with E-state index in [4.69, 9.17) is 0 Å². The molecular weight excluding hydrogens is 236 g/mol. The molecule has 3 nitrogen and oxygen atoms in total. The van der Waals surface area contributed by atoms with Gasteiger partial charge in [-0.25, -0.2) is 0 Å². The smallest absolute Gasteiger partial charge is 0.115 e. The van der Waals surface area contributed by atoms with Crippen LogP contribution in [0.3, 0.4) is 0 Å². The summed E-state index contributed by atoms with van der Waals surface area (Å²) in [4.78, 5) is 2.41. The molecule has 0 bridgehead atoms. The molecule has 3 unspecified atom stereocenters. The van der Waals surface area contributed by atoms with E-state index in [1.807, 2.05) is 12.1 Å². The predicted octanol–water partition coefficient (Wildman–Crippen LogP) is 2.25. The monoisotopic (exact) mass is 262 g/mol. The van der Waals surface area contributed by atoms with Crippen LogP contribution < -0.4 is 5.32 Å². The van der Waals surface area contributed by atoms with E-state index in [9.17, 15) is 5.11 Å². The summed E-state index contributed by atoms with van der Waals surface area (Å²) < 4.78 is 0. The van der Waals surface area contributed by atoms with E-state index in [0.29, 0.717) is 23.8 Å². The third kappa shape index (κ3) is 4.22. The Hall–Kier alpha value is -1.06. The van der Waals surface area contributed by atoms with Crippen LogP contribution >= 0.6 is 0 Å². The molecule has 0 saturated carbocycles. The van der Waals surface area contributed by atoms with E-state index in [1.165, 1.54) is 25.1 Å². The van der Waals surface area contributed by atoms with Crippen LogP contribution in [0.15, 0.2) is 24.3 Å². The number of likely N-dealkylation sites (tertiary alicyclic amines) is 1. The Morgan fingerprint density at radius 2 is 2.05 bits per heavy atom. The van der Waals surface area contributed by atoms with Gasteiger partial charge in [0, 0.05) is 18.6 Å². The SMILES string of the molecule is CC(Cc1ccc(O)cc1)NC1CCN(C)CC1C. The first-order chi connectivity index (χ1) is 9.04. The lowest BCUT2D eigenvalue weighted by Gasteiger charge is -2.37. The molecule has 2 rings (SSSR count). The number of rotatable bonds is 4. The van der Waals surface area contributed by atoms with Crippen molar-refractivity contribution in [3.63, 3.8) is 0 Å². The Bertz CT molecular complexity index is 390. The number of nitrogens with one attached hydrogen (secondary N) is 1. The largest absolute Gasteiger partial charge is 0.508 e. The maximum atomic E-state index is 9.29. The highest BCUT2D eigenvalue weighted by Crippen LogP contribution is 2.17. The molecule has 1 heterocycles. The highest BCUT2D eigenvalue weighted by molar-refractivity contribution is 5.26. The average molecular weight is 262 g/mol. The Labute approximate surface area is 116 Å². The molecule has 0 spiro atoms. The molecule has 0 aromatic heterocycles. The number of piperidine rings is 1. The van der Waals surface area contributed by atoms with Gasteiger partial charge in [-0.05, 0) is 57.0 Å². The zero-order chi connectivity index (χ0) is 13.8. The van der Waals surface area contributed by atoms with Gasteiger partial charge < -0.3 is 15.3 Å². The van der Waals surface area contributed by atoms with Gasteiger partial charge in [0.25, 0.3) is 0 Å². The molecule has 1 aliphatic rings. The molecule has 1 aliphatic heterocycles. The highest BCUT2D eigenvalue weighted by atomic mass is 16.3. The fraction of sp³-hybridized carbons (Fsp3) is 0.625. The molecule has 19 heavy (non-hydrogen) atoms. The van der Waals surface area contributed by atoms with Gasteiger partial charge in [0.2, 0.25) is 0 Å². The Kier molecular flexibility index (Phi) is 4.83. The molecule has 2 N–H and O–H groups in total. The molecule has 0 aliphatic carbocycles. The minimum absolute atomic E-state index is 0.341. The van der Waals surface area contributed by atoms with Gasteiger partial charge in [-0.2, -0.15) is 0 Å². The summed E-state index contributed by atoms with van der Waals surface area (Å²) in [7, 11) is 2.20. The van der Waals surface area contributed by atoms with Crippen molar-refractivity contribution in [3.05, 3.63) is 29.8 Å². The molecule has 3 heteroatoms. The van der Waals surface area contributed by atoms with E-state index < -0.39 is 0 Å². The van der Waals surface area contributed by atoms with E-state index in [0.717, 1.165) is 6.42 Å². The van der Waals surface area contributed by atoms with Crippen molar-refractivity contribution < 1.29 is 5.11 Å². The first-order valence-corrected chi connectivity index (χ1v) is 7.27. The fourth-order valence-electron chi connectivity index (χ4n) is 3.01. The maximum Gasteiger partial charge on any atom is 0.115 e. The Balaban J connectivity index is 1.83. The number of hydrogen-bond donors (Lipinski definition) is 2. The first kappa shape index (κ1) is 14.4. The Morgan fingerprint density at radius 1 is 1.37 bits per heavy atom. The summed E-state index contributed by atoms with van der Waals surface area (Å²) in [6.07, 6.45) is 2.25. The second-order valence-electron chi connectivity index (χ2n) is 6.07. The van der Waals surface area contributed by atoms with Crippen LogP contribution in [0.5, 0.6) is 5.75 Å². The van der Waals surface area contributed by atoms with Crippen molar-refractivity contribution in [3.8, 4) is 5.75 Å². The van der Waals surface area contributed by atoms with Crippen molar-refractivity contribution in [1.82, 2.24) is 10.2 Å². The number of aromatic hydroxyl groups is 1. The van der Waals surface area contributed by atoms with Crippen LogP contribution in [0.4, 0.5) is 0 Å². The van der Waals surface area contributed by atoms with Gasteiger partial charge in [-0.1, -0.05) is 19.1 Å². The molecule has 1 aromatic rings. The molecule has 1 fully saturated rings. The summed E-state index contributed by atoms with van der Waals surface area (Å²) >= 11 is 0. The van der Waals surface area contributed by atoms with Crippen LogP contribution in [-0.4, -0.2) is 42.2 Å². The van der Waals surface area contributed by atoms with Gasteiger partial charge in [-0.3, -0.25) is 0 Å². The first-order valence-electron chi connectivity index (χ1n) is 7.27. The van der Waals surface area contributed by atoms with Crippen molar-refractivity contribution >= 4 is 0 Å². The summed E-state index contributed by atoms with van der Waals surface area (Å²) in [5, 5.41) is 13.1. The second-order valence-corrected chi connectivity index (χ2v) is 6.07. The van der Waals surface area contributed by atoms with Crippen LogP contribution in [0.1, 0.15) is 25.8 Å². The Morgan fingerprint density at radius 3 is 2.68 bits per heavy atom. The number of benzene rings is 1. The molecule has 1 saturated heterocycles. The van der Waals surface area contributed by atoms with Crippen molar-refractivity contribution in [2.45, 2.75) is 38.8 Å². The van der Waals surface area contributed by atoms with Crippen LogP contribution in [-0.2, 0) is 6.42 Å². The lowest BCUT2D eigenvalue weighted by atomic mass is 9.93. The van der Waals surface area contributed by atoms with Gasteiger partial charge in [0.1, 0.15) is 5.75 Å². The van der Waals surface area contributed by atoms with Gasteiger partial charge in [-0.15, -0.1) is 0 Å². The van der Waals surface area contributed by atoms with Gasteiger partial charge >= 0.3 is 0 Å². The van der Waals surface area contributed by atoms with E-state index in [2.05, 4.69) is 31.1 Å². The summed E-state index contributed by atoms with van der Waals surface area (Å²) in [6, 6.07) is 8.64. The zero-order valence-electron chi connectivity index (χ0n) is 12.3. The molecule has 0 radical (unpaired) electrons. The van der Waals surface area contributed by atoms with Crippen molar-refractivity contribution in [2.24, 2.45) is 5.92 Å². The van der Waals surface area contributed by atoms with E-state index >= 15 is 0 Å². The standard InChI is InChI=1S/C16H26N2O/c1-12-11-18(3)9-8-16(12)17-13(2)10-14-4-6-15(19)7-5-14/h4-7,12-13,16-17,19H,8-11H2,1-3H3. The lowest BCUT2D eigenvalue weighted by molar-refractivity contribution is 0.167. The minimum Gasteiger partial charge on any atom is -0.508 e. The molecule has 106 valence electrons. The molecule has 0 amide bonds. The number of phenolic OH excluding ortho intramolecular Hbond substituents is 1. The van der Waals surface area contributed by atoms with Crippen LogP contribution in [0.2, 0.25) is 0 Å². The molecule has 3 atom stereocenters. The van der Waals surface area contributed by atoms with Crippen LogP contribution in [0.25, 0.3) is 0 Å². The van der Waals surface area contributed by atoms with Crippen molar-refractivity contribution in [1.29, 1.82) is 0 Å². The topological polar surface area (TPSA) is 35.5 Å². The molecular formula is C16H26N2O. The van der Waals surface area contributed by atoms with E-state index in [1.54, 1.807) is 12.1 Å². The van der Waals surface area contributed by atoms with E-state index in [-0.39, 0.29) is 0 Å². The highest BCUT2D eigenvalue weighted by Gasteiger charge is 2.24. The van der Waals surface area contributed by atoms with Crippen LogP contribution in [0, 0.1) is 5.92 Å². The zero-order valence-corrected chi connectivity index (χ0v) is 12.3. The second kappa shape index (κ2) is 6.40. The average Bonchev–Trinajstić information content (AvgIpc) is 2.36. The maximum absolute atomic E-state index is 9.29. The summed E-state index contributed by atoms with van der Waals surface area (Å²) in [5.74, 6) is 1.05. The number of hydrogen-bond acceptors (Lipinski definition) is 3. The normalized spacial score (nSPS) is 26.3. The lowest BCUT2D eigenvalue weighted by Crippen LogP contribution is -2.50. The fourth-order valence-corrected chi connectivity index (χ4v) is 3.01. The summed E-state index contributed by atoms with van der Waals surface area (Å²) in [5.41, 5.74) is 1.28. The third-order valence-corrected chi connectivity index (χ3v) is 4.09.